The van der Waals surface area contributed by atoms with Crippen LogP contribution in [0.1, 0.15) is 31.1 Å². The Balaban J connectivity index is 2.38. The zero-order valence-corrected chi connectivity index (χ0v) is 12.9. The molecule has 1 heterocycles. The number of nitrogens with one attached hydrogen (secondary N) is 2. The number of hydrogen-bond donors (Lipinski definition) is 3. The van der Waals surface area contributed by atoms with E-state index >= 15 is 0 Å². The van der Waals surface area contributed by atoms with Crippen LogP contribution < -0.4 is 16.2 Å². The molecule has 8 nitrogen and oxygen atoms in total. The van der Waals surface area contributed by atoms with Crippen LogP contribution in [0, 0.1) is 0 Å². The van der Waals surface area contributed by atoms with E-state index < -0.39 is 17.6 Å². The number of nitrogens with zero attached hydrogens (tertiary/aromatic N) is 2. The highest BCUT2D eigenvalue weighted by atomic mass is 16.6. The highest BCUT2D eigenvalue weighted by Gasteiger charge is 2.23. The number of H-pyrrole nitrogens is 1. The van der Waals surface area contributed by atoms with E-state index in [1.807, 2.05) is 0 Å². The second-order valence-electron chi connectivity index (χ2n) is 5.82. The summed E-state index contributed by atoms with van der Waals surface area (Å²) < 4.78 is 5.30. The van der Waals surface area contributed by atoms with Gasteiger partial charge in [-0.3, -0.25) is 20.2 Å². The smallest absolute Gasteiger partial charge is 0.415 e. The van der Waals surface area contributed by atoms with Gasteiger partial charge in [-0.25, -0.2) is 10.6 Å². The van der Waals surface area contributed by atoms with Crippen LogP contribution >= 0.6 is 0 Å². The van der Waals surface area contributed by atoms with E-state index in [1.165, 1.54) is 4.90 Å². The van der Waals surface area contributed by atoms with Crippen LogP contribution in [-0.4, -0.2) is 34.8 Å². The zero-order chi connectivity index (χ0) is 16.5. The summed E-state index contributed by atoms with van der Waals surface area (Å²) in [6.45, 7) is 5.35. The van der Waals surface area contributed by atoms with Crippen molar-refractivity contribution in [3.63, 3.8) is 0 Å². The van der Waals surface area contributed by atoms with Crippen LogP contribution in [-0.2, 0) is 4.74 Å². The van der Waals surface area contributed by atoms with Gasteiger partial charge in [0, 0.05) is 18.0 Å². The minimum absolute atomic E-state index is 0.371. The Morgan fingerprint density at radius 2 is 2.05 bits per heavy atom. The third-order valence-electron chi connectivity index (χ3n) is 2.92. The van der Waals surface area contributed by atoms with Crippen molar-refractivity contribution in [2.45, 2.75) is 26.4 Å². The molecule has 0 unspecified atom stereocenters. The Labute approximate surface area is 127 Å². The first-order valence-electron chi connectivity index (χ1n) is 6.68. The highest BCUT2D eigenvalue weighted by Crippen LogP contribution is 2.25. The molecule has 0 spiro atoms. The van der Waals surface area contributed by atoms with Crippen molar-refractivity contribution >= 4 is 28.7 Å². The second kappa shape index (κ2) is 5.64. The minimum atomic E-state index is -0.609. The van der Waals surface area contributed by atoms with Crippen LogP contribution in [0.3, 0.4) is 0 Å². The number of hydrogen-bond acceptors (Lipinski definition) is 5. The van der Waals surface area contributed by atoms with Crippen molar-refractivity contribution in [3.8, 4) is 0 Å². The lowest BCUT2D eigenvalue weighted by molar-refractivity contribution is 0.0588. The highest BCUT2D eigenvalue weighted by molar-refractivity contribution is 6.03. The summed E-state index contributed by atoms with van der Waals surface area (Å²) in [6, 6.07) is 4.91. The zero-order valence-electron chi connectivity index (χ0n) is 12.9. The van der Waals surface area contributed by atoms with Gasteiger partial charge in [-0.05, 0) is 39.0 Å². The van der Waals surface area contributed by atoms with E-state index in [0.717, 1.165) is 0 Å². The van der Waals surface area contributed by atoms with Gasteiger partial charge >= 0.3 is 6.09 Å². The molecule has 0 fully saturated rings. The first kappa shape index (κ1) is 15.8. The van der Waals surface area contributed by atoms with E-state index in [2.05, 4.69) is 15.6 Å². The molecule has 4 N–H and O–H groups in total. The number of fused-ring (bicyclic) bond motifs is 1. The predicted molar refractivity (Wildman–Crippen MR) is 82.4 cm³/mol. The molecule has 1 aromatic heterocycles. The number of nitrogen functional groups attached to an aromatic ring is 1. The number of nitrogens with two attached hydrogens (primary N) is 1. The first-order chi connectivity index (χ1) is 10.2. The summed E-state index contributed by atoms with van der Waals surface area (Å²) in [5.74, 6) is 5.08. The van der Waals surface area contributed by atoms with Crippen molar-refractivity contribution in [3.05, 3.63) is 23.8 Å². The molecule has 118 valence electrons. The Morgan fingerprint density at radius 1 is 1.36 bits per heavy atom. The average molecular weight is 305 g/mol. The molecule has 0 radical (unpaired) electrons. The molecule has 2 amide bonds. The van der Waals surface area contributed by atoms with Crippen molar-refractivity contribution in [2.75, 3.05) is 11.9 Å². The SMILES string of the molecule is CN(C(=O)OC(C)(C)C)c1n[nH]c2ccc(C(=O)NN)cc12. The maximum Gasteiger partial charge on any atom is 0.415 e. The molecule has 0 aliphatic rings. The topological polar surface area (TPSA) is 113 Å². The summed E-state index contributed by atoms with van der Waals surface area (Å²) in [5, 5.41) is 7.54. The lowest BCUT2D eigenvalue weighted by atomic mass is 10.1. The molecule has 2 rings (SSSR count). The molecule has 0 saturated carbocycles. The number of aromatic amines is 1. The van der Waals surface area contributed by atoms with Crippen LogP contribution in [0.4, 0.5) is 10.6 Å². The lowest BCUT2D eigenvalue weighted by Gasteiger charge is -2.23. The summed E-state index contributed by atoms with van der Waals surface area (Å²) in [6.07, 6.45) is -0.533. The Bertz CT molecular complexity index is 717. The molecular formula is C14H19N5O3. The molecule has 0 saturated heterocycles. The van der Waals surface area contributed by atoms with Crippen LogP contribution in [0.2, 0.25) is 0 Å². The standard InChI is InChI=1S/C14H19N5O3/c1-14(2,3)22-13(21)19(4)11-9-7-8(12(20)16-15)5-6-10(9)17-18-11/h5-7H,15H2,1-4H3,(H,16,20)(H,17,18). The van der Waals surface area contributed by atoms with Crippen LogP contribution in [0.25, 0.3) is 10.9 Å². The van der Waals surface area contributed by atoms with Gasteiger partial charge in [0.25, 0.3) is 5.91 Å². The quantitative estimate of drug-likeness (QED) is 0.442. The number of ether oxygens (including phenoxy) is 1. The summed E-state index contributed by atoms with van der Waals surface area (Å²) >= 11 is 0. The molecule has 0 bridgehead atoms. The van der Waals surface area contributed by atoms with Crippen molar-refractivity contribution in [1.82, 2.24) is 15.6 Å². The van der Waals surface area contributed by atoms with Crippen molar-refractivity contribution in [1.29, 1.82) is 0 Å². The molecule has 1 aromatic carbocycles. The number of amides is 2. The van der Waals surface area contributed by atoms with Gasteiger partial charge in [-0.2, -0.15) is 5.10 Å². The Morgan fingerprint density at radius 3 is 2.64 bits per heavy atom. The summed E-state index contributed by atoms with van der Waals surface area (Å²) in [5.41, 5.74) is 2.52. The molecule has 0 aliphatic heterocycles. The van der Waals surface area contributed by atoms with Crippen LogP contribution in [0.15, 0.2) is 18.2 Å². The number of carbonyl (C=O) groups is 2. The van der Waals surface area contributed by atoms with Gasteiger partial charge in [0.1, 0.15) is 5.60 Å². The van der Waals surface area contributed by atoms with Crippen molar-refractivity contribution in [2.24, 2.45) is 5.84 Å². The second-order valence-corrected chi connectivity index (χ2v) is 5.82. The number of benzene rings is 1. The first-order valence-corrected chi connectivity index (χ1v) is 6.68. The van der Waals surface area contributed by atoms with Gasteiger partial charge in [-0.1, -0.05) is 0 Å². The fourth-order valence-corrected chi connectivity index (χ4v) is 1.90. The number of aromatic nitrogens is 2. The van der Waals surface area contributed by atoms with Gasteiger partial charge in [0.2, 0.25) is 0 Å². The third kappa shape index (κ3) is 3.17. The molecule has 0 aliphatic carbocycles. The molecule has 0 atom stereocenters. The molecule has 2 aromatic rings. The average Bonchev–Trinajstić information content (AvgIpc) is 2.86. The minimum Gasteiger partial charge on any atom is -0.443 e. The number of rotatable bonds is 2. The van der Waals surface area contributed by atoms with Crippen LogP contribution in [0.5, 0.6) is 0 Å². The van der Waals surface area contributed by atoms with Gasteiger partial charge < -0.3 is 4.74 Å². The largest absolute Gasteiger partial charge is 0.443 e. The maximum atomic E-state index is 12.1. The number of carbonyl (C=O) groups excluding carboxylic acids is 2. The summed E-state index contributed by atoms with van der Waals surface area (Å²) in [7, 11) is 1.55. The fraction of sp³-hybridized carbons (Fsp3) is 0.357. The maximum absolute atomic E-state index is 12.1. The van der Waals surface area contributed by atoms with Gasteiger partial charge in [0.05, 0.1) is 5.52 Å². The summed E-state index contributed by atoms with van der Waals surface area (Å²) in [4.78, 5) is 25.0. The van der Waals surface area contributed by atoms with Gasteiger partial charge in [-0.15, -0.1) is 0 Å². The van der Waals surface area contributed by atoms with E-state index in [9.17, 15) is 9.59 Å². The number of hydrazine groups is 1. The normalized spacial score (nSPS) is 11.3. The molecular weight excluding hydrogens is 286 g/mol. The Kier molecular flexibility index (Phi) is 4.05. The molecule has 22 heavy (non-hydrogen) atoms. The predicted octanol–water partition coefficient (Wildman–Crippen LogP) is 1.54. The Hall–Kier alpha value is -2.61. The van der Waals surface area contributed by atoms with E-state index in [4.69, 9.17) is 10.6 Å². The van der Waals surface area contributed by atoms with E-state index in [0.29, 0.717) is 22.3 Å². The lowest BCUT2D eigenvalue weighted by Crippen LogP contribution is -2.34. The molecule has 8 heteroatoms. The monoisotopic (exact) mass is 305 g/mol. The third-order valence-corrected chi connectivity index (χ3v) is 2.92. The van der Waals surface area contributed by atoms with Gasteiger partial charge in [0.15, 0.2) is 5.82 Å². The van der Waals surface area contributed by atoms with Crippen molar-refractivity contribution < 1.29 is 14.3 Å². The fourth-order valence-electron chi connectivity index (χ4n) is 1.90. The van der Waals surface area contributed by atoms with E-state index in [1.54, 1.807) is 46.0 Å². The van der Waals surface area contributed by atoms with E-state index in [-0.39, 0.29) is 0 Å². The number of anilines is 1.